The van der Waals surface area contributed by atoms with E-state index < -0.39 is 5.76 Å². The van der Waals surface area contributed by atoms with Gasteiger partial charge in [-0.05, 0) is 24.1 Å². The maximum Gasteiger partial charge on any atom is 0.437 e. The van der Waals surface area contributed by atoms with Crippen LogP contribution >= 0.6 is 11.6 Å². The summed E-state index contributed by atoms with van der Waals surface area (Å²) in [6, 6.07) is 7.37. The van der Waals surface area contributed by atoms with Crippen molar-refractivity contribution in [3.05, 3.63) is 73.7 Å². The summed E-state index contributed by atoms with van der Waals surface area (Å²) in [5.74, 6) is -0.428. The van der Waals surface area contributed by atoms with Gasteiger partial charge in [0.15, 0.2) is 5.52 Å². The zero-order valence-electron chi connectivity index (χ0n) is 16.3. The van der Waals surface area contributed by atoms with E-state index in [1.54, 1.807) is 26.2 Å². The van der Waals surface area contributed by atoms with Gasteiger partial charge in [0.1, 0.15) is 17.8 Å². The number of fused-ring (bicyclic) bond motifs is 1. The third kappa shape index (κ3) is 3.81. The van der Waals surface area contributed by atoms with Crippen LogP contribution in [0.15, 0.2) is 49.6 Å². The molecule has 1 aromatic carbocycles. The maximum absolute atomic E-state index is 12.6. The predicted molar refractivity (Wildman–Crippen MR) is 111 cm³/mol. The molecule has 30 heavy (non-hydrogen) atoms. The highest BCUT2D eigenvalue weighted by molar-refractivity contribution is 6.30. The summed E-state index contributed by atoms with van der Waals surface area (Å²) in [6.45, 7) is 0.360. The van der Waals surface area contributed by atoms with E-state index in [9.17, 15) is 9.59 Å². The normalized spacial score (nSPS) is 11.7. The van der Waals surface area contributed by atoms with E-state index >= 15 is 0 Å². The quantitative estimate of drug-likeness (QED) is 0.428. The minimum atomic E-state index is -0.572. The first-order chi connectivity index (χ1) is 14.5. The first-order valence-electron chi connectivity index (χ1n) is 9.12. The second kappa shape index (κ2) is 8.07. The molecule has 0 aliphatic heterocycles. The van der Waals surface area contributed by atoms with Crippen molar-refractivity contribution in [2.75, 3.05) is 7.05 Å². The van der Waals surface area contributed by atoms with Gasteiger partial charge in [0, 0.05) is 19.1 Å². The standard InChI is InChI=1S/C19H18ClN7O3/c1-21-9-14-16-17(18(28)25(2)11-22-16)27(23-14)10-15-24-26(19(29)30-15)8-7-12-3-5-13(20)6-4-12/h3-6,9,11H,7-8,10H2,1-2H3. The molecule has 0 spiro atoms. The number of aromatic nitrogens is 6. The Morgan fingerprint density at radius 2 is 1.93 bits per heavy atom. The number of hydrogen-bond acceptors (Lipinski definition) is 7. The SMILES string of the molecule is CN=Cc1nn(Cc2nn(CCc3ccc(Cl)cc3)c(=O)o2)c2c(=O)n(C)cnc12. The third-order valence-electron chi connectivity index (χ3n) is 4.55. The fourth-order valence-corrected chi connectivity index (χ4v) is 3.19. The third-order valence-corrected chi connectivity index (χ3v) is 4.80. The van der Waals surface area contributed by atoms with Gasteiger partial charge in [-0.1, -0.05) is 23.7 Å². The van der Waals surface area contributed by atoms with E-state index in [1.165, 1.54) is 26.5 Å². The molecule has 0 N–H and O–H groups in total. The van der Waals surface area contributed by atoms with Gasteiger partial charge in [-0.2, -0.15) is 9.78 Å². The summed E-state index contributed by atoms with van der Waals surface area (Å²) in [4.78, 5) is 33.0. The Hall–Kier alpha value is -3.53. The molecule has 3 aromatic heterocycles. The van der Waals surface area contributed by atoms with E-state index in [0.29, 0.717) is 29.2 Å². The monoisotopic (exact) mass is 427 g/mol. The van der Waals surface area contributed by atoms with Crippen molar-refractivity contribution in [1.82, 2.24) is 29.1 Å². The van der Waals surface area contributed by atoms with Crippen LogP contribution in [0.4, 0.5) is 0 Å². The summed E-state index contributed by atoms with van der Waals surface area (Å²) < 4.78 is 9.30. The van der Waals surface area contributed by atoms with Crippen molar-refractivity contribution >= 4 is 28.8 Å². The molecule has 0 aliphatic carbocycles. The summed E-state index contributed by atoms with van der Waals surface area (Å²) in [5, 5.41) is 9.28. The van der Waals surface area contributed by atoms with Crippen LogP contribution in [-0.4, -0.2) is 42.4 Å². The molecule has 0 bridgehead atoms. The molecule has 0 saturated carbocycles. The molecule has 11 heteroatoms. The lowest BCUT2D eigenvalue weighted by molar-refractivity contribution is 0.431. The number of aryl methyl sites for hydroxylation is 3. The van der Waals surface area contributed by atoms with Crippen molar-refractivity contribution in [3.8, 4) is 0 Å². The average Bonchev–Trinajstić information content (AvgIpc) is 3.25. The van der Waals surface area contributed by atoms with Gasteiger partial charge in [0.2, 0.25) is 5.89 Å². The van der Waals surface area contributed by atoms with Crippen molar-refractivity contribution in [2.45, 2.75) is 19.5 Å². The zero-order chi connectivity index (χ0) is 21.3. The Morgan fingerprint density at radius 3 is 2.67 bits per heavy atom. The summed E-state index contributed by atoms with van der Waals surface area (Å²) >= 11 is 5.89. The average molecular weight is 428 g/mol. The zero-order valence-corrected chi connectivity index (χ0v) is 17.1. The summed E-state index contributed by atoms with van der Waals surface area (Å²) in [5.41, 5.74) is 1.91. The summed E-state index contributed by atoms with van der Waals surface area (Å²) in [6.07, 6.45) is 3.54. The van der Waals surface area contributed by atoms with Gasteiger partial charge in [-0.3, -0.25) is 9.79 Å². The second-order valence-electron chi connectivity index (χ2n) is 6.65. The predicted octanol–water partition coefficient (Wildman–Crippen LogP) is 1.27. The van der Waals surface area contributed by atoms with Crippen molar-refractivity contribution in [3.63, 3.8) is 0 Å². The van der Waals surface area contributed by atoms with Gasteiger partial charge in [0.05, 0.1) is 19.1 Å². The van der Waals surface area contributed by atoms with E-state index in [2.05, 4.69) is 20.2 Å². The highest BCUT2D eigenvalue weighted by Crippen LogP contribution is 2.13. The molecule has 4 rings (SSSR count). The van der Waals surface area contributed by atoms with Crippen molar-refractivity contribution < 1.29 is 4.42 Å². The fraction of sp³-hybridized carbons (Fsp3) is 0.263. The number of aliphatic imine (C=N–C) groups is 1. The molecule has 3 heterocycles. The van der Waals surface area contributed by atoms with Gasteiger partial charge < -0.3 is 8.98 Å². The molecule has 154 valence electrons. The molecular formula is C19H18ClN7O3. The number of nitrogens with zero attached hydrogens (tertiary/aromatic N) is 7. The maximum atomic E-state index is 12.6. The molecule has 0 radical (unpaired) electrons. The minimum absolute atomic E-state index is 0.0121. The topological polar surface area (TPSA) is 113 Å². The number of rotatable bonds is 6. The second-order valence-corrected chi connectivity index (χ2v) is 7.09. The first kappa shape index (κ1) is 19.8. The molecule has 0 amide bonds. The van der Waals surface area contributed by atoms with E-state index in [1.807, 2.05) is 12.1 Å². The lowest BCUT2D eigenvalue weighted by Crippen LogP contribution is -2.20. The molecule has 0 fully saturated rings. The van der Waals surface area contributed by atoms with Gasteiger partial charge in [-0.15, -0.1) is 5.10 Å². The van der Waals surface area contributed by atoms with Crippen LogP contribution in [0.3, 0.4) is 0 Å². The Bertz CT molecular complexity index is 1350. The van der Waals surface area contributed by atoms with Crippen molar-refractivity contribution in [2.24, 2.45) is 12.0 Å². The van der Waals surface area contributed by atoms with Crippen molar-refractivity contribution in [1.29, 1.82) is 0 Å². The Labute approximate surface area is 175 Å². The van der Waals surface area contributed by atoms with Crippen LogP contribution in [0.1, 0.15) is 17.1 Å². The van der Waals surface area contributed by atoms with Crippen LogP contribution < -0.4 is 11.3 Å². The Morgan fingerprint density at radius 1 is 1.17 bits per heavy atom. The molecule has 4 aromatic rings. The number of hydrogen-bond donors (Lipinski definition) is 0. The fourth-order valence-electron chi connectivity index (χ4n) is 3.07. The first-order valence-corrected chi connectivity index (χ1v) is 9.49. The van der Waals surface area contributed by atoms with Crippen LogP contribution in [0.2, 0.25) is 5.02 Å². The van der Waals surface area contributed by atoms with Gasteiger partial charge >= 0.3 is 5.76 Å². The summed E-state index contributed by atoms with van der Waals surface area (Å²) in [7, 11) is 3.21. The number of benzene rings is 1. The highest BCUT2D eigenvalue weighted by atomic mass is 35.5. The lowest BCUT2D eigenvalue weighted by atomic mass is 10.1. The van der Waals surface area contributed by atoms with E-state index in [4.69, 9.17) is 16.0 Å². The van der Waals surface area contributed by atoms with Crippen LogP contribution in [0, 0.1) is 0 Å². The van der Waals surface area contributed by atoms with Crippen LogP contribution in [-0.2, 0) is 26.6 Å². The van der Waals surface area contributed by atoms with E-state index in [-0.39, 0.29) is 23.5 Å². The molecule has 10 nitrogen and oxygen atoms in total. The number of halogens is 1. The molecule has 0 aliphatic rings. The molecule has 0 unspecified atom stereocenters. The van der Waals surface area contributed by atoms with Crippen LogP contribution in [0.5, 0.6) is 0 Å². The van der Waals surface area contributed by atoms with Gasteiger partial charge in [0.25, 0.3) is 5.56 Å². The molecular weight excluding hydrogens is 410 g/mol. The molecule has 0 atom stereocenters. The highest BCUT2D eigenvalue weighted by Gasteiger charge is 2.18. The minimum Gasteiger partial charge on any atom is -0.390 e. The lowest BCUT2D eigenvalue weighted by Gasteiger charge is -2.01. The Kier molecular flexibility index (Phi) is 5.32. The van der Waals surface area contributed by atoms with Crippen LogP contribution in [0.25, 0.3) is 11.0 Å². The molecule has 0 saturated heterocycles. The van der Waals surface area contributed by atoms with E-state index in [0.717, 1.165) is 5.56 Å². The largest absolute Gasteiger partial charge is 0.437 e. The smallest absolute Gasteiger partial charge is 0.390 e. The Balaban J connectivity index is 1.62. The van der Waals surface area contributed by atoms with Gasteiger partial charge in [-0.25, -0.2) is 14.5 Å².